The Labute approximate surface area is 229 Å². The number of rotatable bonds is 13. The van der Waals surface area contributed by atoms with Gasteiger partial charge in [-0.3, -0.25) is 4.79 Å². The molecule has 4 rings (SSSR count). The molecule has 1 fully saturated rings. The van der Waals surface area contributed by atoms with E-state index in [1.807, 2.05) is 38.1 Å². The van der Waals surface area contributed by atoms with Crippen LogP contribution in [-0.2, 0) is 11.2 Å². The molecule has 0 amide bonds. The lowest BCUT2D eigenvalue weighted by Crippen LogP contribution is -2.34. The van der Waals surface area contributed by atoms with Crippen LogP contribution < -0.4 is 9.47 Å². The molecule has 10 nitrogen and oxygen atoms in total. The van der Waals surface area contributed by atoms with Gasteiger partial charge in [0, 0.05) is 41.9 Å². The molecule has 39 heavy (non-hydrogen) atoms. The summed E-state index contributed by atoms with van der Waals surface area (Å²) < 4.78 is 17.1. The molecule has 1 aromatic carbocycles. The Morgan fingerprint density at radius 2 is 1.95 bits per heavy atom. The number of aliphatic hydroxyl groups is 1. The summed E-state index contributed by atoms with van der Waals surface area (Å²) in [6, 6.07) is 7.78. The SMILES string of the molecule is CCc1cc(-c2noc(-c3cc(OC)nc(C4CCCC4)c3)n2)cc(C)c1OCC(O)CN(C)CCC(=O)O. The normalized spacial score (nSPS) is 14.6. The predicted octanol–water partition coefficient (Wildman–Crippen LogP) is 4.48. The molecule has 2 heterocycles. The van der Waals surface area contributed by atoms with E-state index in [1.165, 1.54) is 12.8 Å². The fourth-order valence-corrected chi connectivity index (χ4v) is 5.06. The number of hydrogen-bond donors (Lipinski definition) is 2. The third-order valence-electron chi connectivity index (χ3n) is 7.12. The number of aliphatic carboxylic acids is 1. The number of carboxylic acids is 1. The number of ether oxygens (including phenoxy) is 2. The fourth-order valence-electron chi connectivity index (χ4n) is 5.06. The van der Waals surface area contributed by atoms with Crippen molar-refractivity contribution in [1.29, 1.82) is 0 Å². The summed E-state index contributed by atoms with van der Waals surface area (Å²) in [6.07, 6.45) is 4.67. The van der Waals surface area contributed by atoms with Crippen LogP contribution in [0.15, 0.2) is 28.8 Å². The van der Waals surface area contributed by atoms with Crippen LogP contribution in [0.1, 0.15) is 61.8 Å². The minimum atomic E-state index is -0.862. The summed E-state index contributed by atoms with van der Waals surface area (Å²) in [6.45, 7) is 4.77. The molecule has 2 N–H and O–H groups in total. The van der Waals surface area contributed by atoms with Gasteiger partial charge in [0.25, 0.3) is 5.89 Å². The highest BCUT2D eigenvalue weighted by atomic mass is 16.5. The molecule has 0 aliphatic heterocycles. The number of aromatic nitrogens is 3. The quantitative estimate of drug-likeness (QED) is 0.321. The zero-order valence-electron chi connectivity index (χ0n) is 23.1. The van der Waals surface area contributed by atoms with Crippen molar-refractivity contribution in [3.05, 3.63) is 41.1 Å². The van der Waals surface area contributed by atoms with Crippen molar-refractivity contribution in [2.45, 2.75) is 64.4 Å². The van der Waals surface area contributed by atoms with E-state index in [0.29, 0.717) is 36.6 Å². The maximum Gasteiger partial charge on any atom is 0.304 e. The molecule has 0 spiro atoms. The van der Waals surface area contributed by atoms with Crippen LogP contribution in [0.2, 0.25) is 0 Å². The minimum Gasteiger partial charge on any atom is -0.490 e. The van der Waals surface area contributed by atoms with E-state index in [1.54, 1.807) is 19.1 Å². The lowest BCUT2D eigenvalue weighted by atomic mass is 10.0. The molecule has 1 atom stereocenters. The van der Waals surface area contributed by atoms with Gasteiger partial charge in [-0.15, -0.1) is 0 Å². The molecule has 1 aliphatic carbocycles. The van der Waals surface area contributed by atoms with Crippen LogP contribution in [0.25, 0.3) is 22.8 Å². The molecule has 0 saturated heterocycles. The zero-order chi connectivity index (χ0) is 27.9. The van der Waals surface area contributed by atoms with Gasteiger partial charge in [0.1, 0.15) is 18.5 Å². The molecule has 1 aliphatic rings. The molecule has 0 radical (unpaired) electrons. The molecule has 2 aromatic heterocycles. The van der Waals surface area contributed by atoms with Gasteiger partial charge in [0.2, 0.25) is 11.7 Å². The first-order valence-electron chi connectivity index (χ1n) is 13.5. The molecule has 10 heteroatoms. The van der Waals surface area contributed by atoms with Gasteiger partial charge in [0.05, 0.1) is 13.5 Å². The lowest BCUT2D eigenvalue weighted by Gasteiger charge is -2.21. The first kappa shape index (κ1) is 28.5. The number of nitrogens with zero attached hydrogens (tertiary/aromatic N) is 4. The Bertz CT molecular complexity index is 1270. The van der Waals surface area contributed by atoms with Gasteiger partial charge in [0.15, 0.2) is 0 Å². The van der Waals surface area contributed by atoms with Gasteiger partial charge < -0.3 is 29.1 Å². The molecule has 0 bridgehead atoms. The smallest absolute Gasteiger partial charge is 0.304 e. The van der Waals surface area contributed by atoms with E-state index in [4.69, 9.17) is 19.1 Å². The third kappa shape index (κ3) is 7.33. The zero-order valence-corrected chi connectivity index (χ0v) is 23.1. The maximum atomic E-state index is 10.8. The number of likely N-dealkylation sites (N-methyl/N-ethyl adjacent to an activating group) is 1. The predicted molar refractivity (Wildman–Crippen MR) is 146 cm³/mol. The van der Waals surface area contributed by atoms with Crippen molar-refractivity contribution in [2.24, 2.45) is 0 Å². The number of aliphatic hydroxyl groups excluding tert-OH is 1. The van der Waals surface area contributed by atoms with Crippen LogP contribution >= 0.6 is 0 Å². The Morgan fingerprint density at radius 1 is 1.18 bits per heavy atom. The topological polar surface area (TPSA) is 131 Å². The number of aryl methyl sites for hydroxylation is 2. The second-order valence-corrected chi connectivity index (χ2v) is 10.2. The summed E-state index contributed by atoms with van der Waals surface area (Å²) >= 11 is 0. The highest BCUT2D eigenvalue weighted by Gasteiger charge is 2.22. The maximum absolute atomic E-state index is 10.8. The standard InChI is InChI=1S/C29H38N4O6/c1-5-19-13-21(12-18(2)27(19)38-17-23(34)16-33(3)11-10-26(35)36)28-31-29(39-32-28)22-14-24(20-8-6-7-9-20)30-25(15-22)37-4/h12-15,20,23,34H,5-11,16-17H2,1-4H3,(H,35,36). The summed E-state index contributed by atoms with van der Waals surface area (Å²) in [7, 11) is 3.39. The van der Waals surface area contributed by atoms with Crippen LogP contribution in [0.4, 0.5) is 0 Å². The fraction of sp³-hybridized carbons (Fsp3) is 0.517. The van der Waals surface area contributed by atoms with Crippen molar-refractivity contribution in [1.82, 2.24) is 20.0 Å². The van der Waals surface area contributed by atoms with E-state index in [2.05, 4.69) is 15.1 Å². The van der Waals surface area contributed by atoms with Crippen molar-refractivity contribution in [3.63, 3.8) is 0 Å². The second-order valence-electron chi connectivity index (χ2n) is 10.2. The first-order valence-corrected chi connectivity index (χ1v) is 13.5. The molecule has 3 aromatic rings. The van der Waals surface area contributed by atoms with Crippen molar-refractivity contribution in [3.8, 4) is 34.5 Å². The third-order valence-corrected chi connectivity index (χ3v) is 7.12. The van der Waals surface area contributed by atoms with Crippen molar-refractivity contribution < 1.29 is 29.0 Å². The Balaban J connectivity index is 1.49. The van der Waals surface area contributed by atoms with Crippen LogP contribution in [0.5, 0.6) is 11.6 Å². The van der Waals surface area contributed by atoms with Gasteiger partial charge in [-0.2, -0.15) is 4.98 Å². The van der Waals surface area contributed by atoms with E-state index >= 15 is 0 Å². The average Bonchev–Trinajstić information content (AvgIpc) is 3.64. The minimum absolute atomic E-state index is 0.0266. The van der Waals surface area contributed by atoms with Crippen LogP contribution in [0.3, 0.4) is 0 Å². The number of hydrogen-bond acceptors (Lipinski definition) is 9. The number of methoxy groups -OCH3 is 1. The van der Waals surface area contributed by atoms with Crippen molar-refractivity contribution >= 4 is 5.97 Å². The first-order chi connectivity index (χ1) is 18.8. The molecule has 1 unspecified atom stereocenters. The summed E-state index contributed by atoms with van der Waals surface area (Å²) in [5.41, 5.74) is 4.48. The summed E-state index contributed by atoms with van der Waals surface area (Å²) in [5.74, 6) is 1.71. The molecular formula is C29H38N4O6. The molecular weight excluding hydrogens is 500 g/mol. The summed E-state index contributed by atoms with van der Waals surface area (Å²) in [4.78, 5) is 21.9. The molecule has 1 saturated carbocycles. The Hall–Kier alpha value is -3.50. The van der Waals surface area contributed by atoms with E-state index in [0.717, 1.165) is 53.0 Å². The largest absolute Gasteiger partial charge is 0.490 e. The van der Waals surface area contributed by atoms with Crippen molar-refractivity contribution in [2.75, 3.05) is 33.9 Å². The van der Waals surface area contributed by atoms with E-state index < -0.39 is 12.1 Å². The Kier molecular flexibility index (Phi) is 9.53. The summed E-state index contributed by atoms with van der Waals surface area (Å²) in [5, 5.41) is 23.5. The van der Waals surface area contributed by atoms with E-state index in [9.17, 15) is 9.90 Å². The van der Waals surface area contributed by atoms with Crippen LogP contribution in [0, 0.1) is 6.92 Å². The lowest BCUT2D eigenvalue weighted by molar-refractivity contribution is -0.137. The van der Waals surface area contributed by atoms with Gasteiger partial charge in [-0.05, 0) is 62.6 Å². The number of carboxylic acid groups (broad SMARTS) is 1. The van der Waals surface area contributed by atoms with Gasteiger partial charge >= 0.3 is 5.97 Å². The van der Waals surface area contributed by atoms with Crippen LogP contribution in [-0.4, -0.2) is 76.2 Å². The number of benzene rings is 1. The average molecular weight is 539 g/mol. The van der Waals surface area contributed by atoms with Gasteiger partial charge in [-0.25, -0.2) is 4.98 Å². The monoisotopic (exact) mass is 538 g/mol. The second kappa shape index (κ2) is 13.0. The van der Waals surface area contributed by atoms with E-state index in [-0.39, 0.29) is 13.0 Å². The highest BCUT2D eigenvalue weighted by molar-refractivity contribution is 5.67. The number of carbonyl (C=O) groups is 1. The Morgan fingerprint density at radius 3 is 2.64 bits per heavy atom. The highest BCUT2D eigenvalue weighted by Crippen LogP contribution is 2.36. The molecule has 210 valence electrons. The number of pyridine rings is 1. The van der Waals surface area contributed by atoms with Gasteiger partial charge in [-0.1, -0.05) is 24.9 Å².